The third-order valence-corrected chi connectivity index (χ3v) is 4.36. The lowest BCUT2D eigenvalue weighted by atomic mass is 10.2. The lowest BCUT2D eigenvalue weighted by Gasteiger charge is -2.18. The molecule has 6 nitrogen and oxygen atoms in total. The normalized spacial score (nSPS) is 10.7. The zero-order valence-corrected chi connectivity index (χ0v) is 15.0. The molecule has 23 heavy (non-hydrogen) atoms. The van der Waals surface area contributed by atoms with E-state index >= 15 is 0 Å². The molecular formula is C16H16IN5O. The van der Waals surface area contributed by atoms with Crippen LogP contribution >= 0.6 is 22.6 Å². The maximum atomic E-state index is 12.6. The summed E-state index contributed by atoms with van der Waals surface area (Å²) < 4.78 is 4.27. The first-order valence-corrected chi connectivity index (χ1v) is 8.16. The second kappa shape index (κ2) is 6.53. The van der Waals surface area contributed by atoms with Gasteiger partial charge in [-0.25, -0.2) is 4.68 Å². The Labute approximate surface area is 147 Å². The SMILES string of the molecule is CN(Cc1ccc(-n2cccn2)cc1)C(=O)c1c(I)cnn1C. The Morgan fingerprint density at radius 1 is 1.26 bits per heavy atom. The third kappa shape index (κ3) is 3.29. The lowest BCUT2D eigenvalue weighted by molar-refractivity contribution is 0.0773. The van der Waals surface area contributed by atoms with Crippen molar-refractivity contribution >= 4 is 28.5 Å². The van der Waals surface area contributed by atoms with Gasteiger partial charge < -0.3 is 4.90 Å². The van der Waals surface area contributed by atoms with Crippen LogP contribution in [0.25, 0.3) is 5.69 Å². The molecule has 2 heterocycles. The number of hydrogen-bond donors (Lipinski definition) is 0. The summed E-state index contributed by atoms with van der Waals surface area (Å²) in [6.07, 6.45) is 5.34. The van der Waals surface area contributed by atoms with Crippen LogP contribution in [0.15, 0.2) is 48.9 Å². The molecule has 0 saturated heterocycles. The number of carbonyl (C=O) groups is 1. The Balaban J connectivity index is 1.73. The lowest BCUT2D eigenvalue weighted by Crippen LogP contribution is -2.28. The number of amides is 1. The van der Waals surface area contributed by atoms with Gasteiger partial charge in [0.25, 0.3) is 5.91 Å². The van der Waals surface area contributed by atoms with Crippen LogP contribution in [-0.2, 0) is 13.6 Å². The molecule has 0 aliphatic heterocycles. The van der Waals surface area contributed by atoms with Crippen LogP contribution in [0.2, 0.25) is 0 Å². The highest BCUT2D eigenvalue weighted by atomic mass is 127. The fourth-order valence-electron chi connectivity index (χ4n) is 2.35. The predicted octanol–water partition coefficient (Wildman–Crippen LogP) is 2.48. The van der Waals surface area contributed by atoms with Gasteiger partial charge in [-0.3, -0.25) is 9.48 Å². The number of nitrogens with zero attached hydrogens (tertiary/aromatic N) is 5. The van der Waals surface area contributed by atoms with Gasteiger partial charge in [-0.1, -0.05) is 12.1 Å². The summed E-state index contributed by atoms with van der Waals surface area (Å²) in [5, 5.41) is 8.32. The zero-order chi connectivity index (χ0) is 16.4. The zero-order valence-electron chi connectivity index (χ0n) is 12.8. The van der Waals surface area contributed by atoms with Gasteiger partial charge in [0.05, 0.1) is 15.5 Å². The monoisotopic (exact) mass is 421 g/mol. The molecule has 0 atom stereocenters. The van der Waals surface area contributed by atoms with E-state index in [1.165, 1.54) is 0 Å². The predicted molar refractivity (Wildman–Crippen MR) is 95.3 cm³/mol. The van der Waals surface area contributed by atoms with Gasteiger partial charge in [-0.2, -0.15) is 10.2 Å². The molecule has 3 aromatic rings. The molecule has 0 aliphatic rings. The molecule has 118 valence electrons. The van der Waals surface area contributed by atoms with E-state index < -0.39 is 0 Å². The Hall–Kier alpha value is -2.16. The number of carbonyl (C=O) groups excluding carboxylic acids is 1. The molecule has 1 amide bonds. The molecule has 0 spiro atoms. The topological polar surface area (TPSA) is 56.0 Å². The molecule has 0 aliphatic carbocycles. The van der Waals surface area contributed by atoms with E-state index in [0.717, 1.165) is 14.8 Å². The fourth-order valence-corrected chi connectivity index (χ4v) is 3.06. The van der Waals surface area contributed by atoms with Crippen molar-refractivity contribution in [1.82, 2.24) is 24.5 Å². The largest absolute Gasteiger partial charge is 0.336 e. The van der Waals surface area contributed by atoms with Crippen molar-refractivity contribution in [2.45, 2.75) is 6.54 Å². The third-order valence-electron chi connectivity index (χ3n) is 3.57. The highest BCUT2D eigenvalue weighted by molar-refractivity contribution is 14.1. The molecule has 0 N–H and O–H groups in total. The standard InChI is InChI=1S/C16H16IN5O/c1-20(16(23)15-14(17)10-19-21(15)2)11-12-4-6-13(7-5-12)22-9-3-8-18-22/h3-10H,11H2,1-2H3. The number of benzene rings is 1. The average molecular weight is 421 g/mol. The summed E-state index contributed by atoms with van der Waals surface area (Å²) in [4.78, 5) is 14.2. The van der Waals surface area contributed by atoms with E-state index in [-0.39, 0.29) is 5.91 Å². The van der Waals surface area contributed by atoms with Gasteiger partial charge in [0.2, 0.25) is 0 Å². The Kier molecular flexibility index (Phi) is 4.46. The van der Waals surface area contributed by atoms with E-state index in [1.54, 1.807) is 40.8 Å². The quantitative estimate of drug-likeness (QED) is 0.609. The summed E-state index contributed by atoms with van der Waals surface area (Å²) in [5.74, 6) is -0.0365. The van der Waals surface area contributed by atoms with Gasteiger partial charge in [-0.05, 0) is 46.4 Å². The molecule has 7 heteroatoms. The maximum absolute atomic E-state index is 12.6. The highest BCUT2D eigenvalue weighted by Gasteiger charge is 2.19. The van der Waals surface area contributed by atoms with E-state index in [0.29, 0.717) is 12.2 Å². The minimum Gasteiger partial charge on any atom is -0.336 e. The first-order valence-electron chi connectivity index (χ1n) is 7.08. The molecule has 0 saturated carbocycles. The Morgan fingerprint density at radius 3 is 2.57 bits per heavy atom. The van der Waals surface area contributed by atoms with Gasteiger partial charge >= 0.3 is 0 Å². The van der Waals surface area contributed by atoms with Crippen LogP contribution < -0.4 is 0 Å². The fraction of sp³-hybridized carbons (Fsp3) is 0.188. The molecule has 0 unspecified atom stereocenters. The van der Waals surface area contributed by atoms with Crippen LogP contribution in [0.4, 0.5) is 0 Å². The molecule has 0 bridgehead atoms. The summed E-state index contributed by atoms with van der Waals surface area (Å²) in [6, 6.07) is 9.89. The number of rotatable bonds is 4. The van der Waals surface area contributed by atoms with Crippen LogP contribution in [-0.4, -0.2) is 37.4 Å². The Morgan fingerprint density at radius 2 is 2.00 bits per heavy atom. The van der Waals surface area contributed by atoms with Crippen molar-refractivity contribution in [2.75, 3.05) is 7.05 Å². The minimum absolute atomic E-state index is 0.0365. The van der Waals surface area contributed by atoms with Gasteiger partial charge in [0.1, 0.15) is 5.69 Å². The second-order valence-electron chi connectivity index (χ2n) is 5.24. The van der Waals surface area contributed by atoms with E-state index in [1.807, 2.05) is 36.5 Å². The smallest absolute Gasteiger partial charge is 0.273 e. The molecule has 0 radical (unpaired) electrons. The summed E-state index contributed by atoms with van der Waals surface area (Å²) >= 11 is 2.13. The van der Waals surface area contributed by atoms with Crippen molar-refractivity contribution in [3.63, 3.8) is 0 Å². The van der Waals surface area contributed by atoms with Crippen molar-refractivity contribution in [3.05, 3.63) is 63.7 Å². The number of aromatic nitrogens is 4. The van der Waals surface area contributed by atoms with Crippen LogP contribution in [0.5, 0.6) is 0 Å². The minimum atomic E-state index is -0.0365. The van der Waals surface area contributed by atoms with Crippen molar-refractivity contribution in [1.29, 1.82) is 0 Å². The van der Waals surface area contributed by atoms with Gasteiger partial charge in [0, 0.05) is 33.0 Å². The number of aryl methyl sites for hydroxylation is 1. The molecule has 3 rings (SSSR count). The van der Waals surface area contributed by atoms with E-state index in [9.17, 15) is 4.79 Å². The first kappa shape index (κ1) is 15.7. The van der Waals surface area contributed by atoms with Crippen LogP contribution in [0.1, 0.15) is 16.1 Å². The second-order valence-corrected chi connectivity index (χ2v) is 6.41. The highest BCUT2D eigenvalue weighted by Crippen LogP contribution is 2.15. The van der Waals surface area contributed by atoms with Crippen LogP contribution in [0, 0.1) is 3.57 Å². The van der Waals surface area contributed by atoms with Crippen LogP contribution in [0.3, 0.4) is 0 Å². The first-order chi connectivity index (χ1) is 11.1. The van der Waals surface area contributed by atoms with Crippen molar-refractivity contribution < 1.29 is 4.79 Å². The molecule has 1 aromatic carbocycles. The number of hydrogen-bond acceptors (Lipinski definition) is 3. The van der Waals surface area contributed by atoms with E-state index in [4.69, 9.17) is 0 Å². The summed E-state index contributed by atoms with van der Waals surface area (Å²) in [7, 11) is 3.58. The summed E-state index contributed by atoms with van der Waals surface area (Å²) in [5.41, 5.74) is 2.67. The van der Waals surface area contributed by atoms with Crippen molar-refractivity contribution in [2.24, 2.45) is 7.05 Å². The van der Waals surface area contributed by atoms with Crippen molar-refractivity contribution in [3.8, 4) is 5.69 Å². The van der Waals surface area contributed by atoms with Gasteiger partial charge in [0.15, 0.2) is 0 Å². The van der Waals surface area contributed by atoms with E-state index in [2.05, 4.69) is 32.8 Å². The molecular weight excluding hydrogens is 405 g/mol. The summed E-state index contributed by atoms with van der Waals surface area (Å²) in [6.45, 7) is 0.541. The van der Waals surface area contributed by atoms with Gasteiger partial charge in [-0.15, -0.1) is 0 Å². The Bertz CT molecular complexity index is 788. The number of halogens is 1. The molecule has 0 fully saturated rings. The maximum Gasteiger partial charge on any atom is 0.273 e. The molecule has 2 aromatic heterocycles. The average Bonchev–Trinajstić information content (AvgIpc) is 3.18.